The fourth-order valence-corrected chi connectivity index (χ4v) is 3.09. The number of nitrogens with two attached hydrogens (primary N) is 2. The molecule has 1 heterocycles. The molecule has 27 heavy (non-hydrogen) atoms. The molecule has 0 radical (unpaired) electrons. The van der Waals surface area contributed by atoms with Gasteiger partial charge in [-0.05, 0) is 31.5 Å². The SMILES string of the molecule is CCC(N[C@H](C)CC(N)=O)c1ccc(Cl)c(C(=O)c2ccc(N)nc2)c1F. The van der Waals surface area contributed by atoms with Crippen LogP contribution in [0.25, 0.3) is 0 Å². The van der Waals surface area contributed by atoms with Crippen LogP contribution in [0, 0.1) is 5.82 Å². The molecule has 0 aliphatic heterocycles. The standard InChI is InChI=1S/C19H22ClFN4O2/c1-3-14(25-10(2)8-16(23)26)12-5-6-13(20)17(18(12)21)19(27)11-4-7-15(22)24-9-11/h4-7,9-10,14,25H,3,8H2,1-2H3,(H2,22,24)(H2,23,26)/t10-,14?/m1/s1. The molecule has 0 bridgehead atoms. The zero-order valence-corrected chi connectivity index (χ0v) is 15.9. The van der Waals surface area contributed by atoms with E-state index in [1.165, 1.54) is 30.5 Å². The number of pyridine rings is 1. The van der Waals surface area contributed by atoms with Gasteiger partial charge in [-0.3, -0.25) is 9.59 Å². The lowest BCUT2D eigenvalue weighted by molar-refractivity contribution is -0.118. The van der Waals surface area contributed by atoms with Crippen LogP contribution in [0.5, 0.6) is 0 Å². The summed E-state index contributed by atoms with van der Waals surface area (Å²) in [7, 11) is 0. The monoisotopic (exact) mass is 392 g/mol. The van der Waals surface area contributed by atoms with E-state index in [4.69, 9.17) is 23.1 Å². The van der Waals surface area contributed by atoms with Crippen molar-refractivity contribution in [2.75, 3.05) is 5.73 Å². The van der Waals surface area contributed by atoms with Crippen LogP contribution in [0.15, 0.2) is 30.5 Å². The summed E-state index contributed by atoms with van der Waals surface area (Å²) in [5.74, 6) is -1.47. The number of aromatic nitrogens is 1. The first-order valence-corrected chi connectivity index (χ1v) is 8.90. The molecule has 0 aliphatic carbocycles. The number of nitrogen functional groups attached to an aromatic ring is 1. The Morgan fingerprint density at radius 3 is 2.56 bits per heavy atom. The van der Waals surface area contributed by atoms with E-state index in [1.54, 1.807) is 6.92 Å². The fourth-order valence-electron chi connectivity index (χ4n) is 2.86. The molecule has 2 rings (SSSR count). The van der Waals surface area contributed by atoms with E-state index >= 15 is 4.39 Å². The van der Waals surface area contributed by atoms with Crippen molar-refractivity contribution in [2.24, 2.45) is 5.73 Å². The van der Waals surface area contributed by atoms with E-state index in [2.05, 4.69) is 10.3 Å². The molecule has 1 aromatic carbocycles. The highest BCUT2D eigenvalue weighted by Gasteiger charge is 2.25. The van der Waals surface area contributed by atoms with E-state index in [9.17, 15) is 9.59 Å². The van der Waals surface area contributed by atoms with Gasteiger partial charge in [-0.2, -0.15) is 0 Å². The Hall–Kier alpha value is -2.51. The number of nitrogens with zero attached hydrogens (tertiary/aromatic N) is 1. The van der Waals surface area contributed by atoms with Crippen LogP contribution in [0.4, 0.5) is 10.2 Å². The van der Waals surface area contributed by atoms with Crippen LogP contribution in [-0.4, -0.2) is 22.7 Å². The number of benzene rings is 1. The number of amides is 1. The third kappa shape index (κ3) is 5.02. The smallest absolute Gasteiger partial charge is 0.218 e. The zero-order chi connectivity index (χ0) is 20.1. The largest absolute Gasteiger partial charge is 0.384 e. The van der Waals surface area contributed by atoms with Gasteiger partial charge in [0.2, 0.25) is 5.91 Å². The molecule has 8 heteroatoms. The van der Waals surface area contributed by atoms with Gasteiger partial charge in [0.05, 0.1) is 10.6 Å². The molecule has 2 aromatic rings. The molecule has 0 fully saturated rings. The van der Waals surface area contributed by atoms with Gasteiger partial charge in [0.1, 0.15) is 11.6 Å². The van der Waals surface area contributed by atoms with Crippen LogP contribution >= 0.6 is 11.6 Å². The second-order valence-corrected chi connectivity index (χ2v) is 6.73. The molecule has 1 amide bonds. The first kappa shape index (κ1) is 20.8. The summed E-state index contributed by atoms with van der Waals surface area (Å²) < 4.78 is 15.2. The summed E-state index contributed by atoms with van der Waals surface area (Å²) in [5.41, 5.74) is 11.0. The van der Waals surface area contributed by atoms with Gasteiger partial charge in [-0.1, -0.05) is 24.6 Å². The van der Waals surface area contributed by atoms with Crippen molar-refractivity contribution >= 4 is 29.1 Å². The van der Waals surface area contributed by atoms with Gasteiger partial charge in [-0.25, -0.2) is 9.37 Å². The van der Waals surface area contributed by atoms with Gasteiger partial charge in [0.25, 0.3) is 0 Å². The second kappa shape index (κ2) is 8.92. The minimum absolute atomic E-state index is 0.0121. The maximum absolute atomic E-state index is 15.2. The number of anilines is 1. The maximum atomic E-state index is 15.2. The molecule has 0 saturated heterocycles. The van der Waals surface area contributed by atoms with Gasteiger partial charge >= 0.3 is 0 Å². The highest BCUT2D eigenvalue weighted by Crippen LogP contribution is 2.30. The van der Waals surface area contributed by atoms with Crippen molar-refractivity contribution in [1.29, 1.82) is 0 Å². The number of carbonyl (C=O) groups excluding carboxylic acids is 2. The molecule has 0 spiro atoms. The summed E-state index contributed by atoms with van der Waals surface area (Å²) in [4.78, 5) is 27.7. The van der Waals surface area contributed by atoms with Crippen molar-refractivity contribution in [3.05, 3.63) is 58.0 Å². The lowest BCUT2D eigenvalue weighted by atomic mass is 9.96. The first-order valence-electron chi connectivity index (χ1n) is 8.53. The quantitative estimate of drug-likeness (QED) is 0.598. The van der Waals surface area contributed by atoms with Gasteiger partial charge in [0, 0.05) is 35.8 Å². The highest BCUT2D eigenvalue weighted by molar-refractivity contribution is 6.35. The average molecular weight is 393 g/mol. The van der Waals surface area contributed by atoms with Gasteiger partial charge < -0.3 is 16.8 Å². The Morgan fingerprint density at radius 1 is 1.30 bits per heavy atom. The lowest BCUT2D eigenvalue weighted by Crippen LogP contribution is -2.34. The van der Waals surface area contributed by atoms with Crippen molar-refractivity contribution in [1.82, 2.24) is 10.3 Å². The molecule has 2 atom stereocenters. The Labute approximate surface area is 162 Å². The summed E-state index contributed by atoms with van der Waals surface area (Å²) in [6.07, 6.45) is 1.94. The number of primary amides is 1. The van der Waals surface area contributed by atoms with E-state index in [1.807, 2.05) is 6.92 Å². The number of halogens is 2. The number of rotatable bonds is 8. The van der Waals surface area contributed by atoms with Crippen LogP contribution < -0.4 is 16.8 Å². The second-order valence-electron chi connectivity index (χ2n) is 6.33. The van der Waals surface area contributed by atoms with Crippen molar-refractivity contribution in [3.63, 3.8) is 0 Å². The first-order chi connectivity index (χ1) is 12.7. The topological polar surface area (TPSA) is 111 Å². The van der Waals surface area contributed by atoms with Crippen LogP contribution in [-0.2, 0) is 4.79 Å². The lowest BCUT2D eigenvalue weighted by Gasteiger charge is -2.23. The minimum atomic E-state index is -0.699. The van der Waals surface area contributed by atoms with E-state index < -0.39 is 23.5 Å². The van der Waals surface area contributed by atoms with Crippen molar-refractivity contribution in [2.45, 2.75) is 38.8 Å². The van der Waals surface area contributed by atoms with Crippen LogP contribution in [0.1, 0.15) is 54.2 Å². The summed E-state index contributed by atoms with van der Waals surface area (Å²) in [6.45, 7) is 3.65. The molecule has 1 unspecified atom stereocenters. The predicted octanol–water partition coefficient (Wildman–Crippen LogP) is 2.99. The number of hydrogen-bond acceptors (Lipinski definition) is 5. The Morgan fingerprint density at radius 2 is 2.00 bits per heavy atom. The summed E-state index contributed by atoms with van der Waals surface area (Å²) >= 11 is 6.11. The number of ketones is 1. The molecule has 1 aromatic heterocycles. The predicted molar refractivity (Wildman–Crippen MR) is 103 cm³/mol. The van der Waals surface area contributed by atoms with Gasteiger partial charge in [-0.15, -0.1) is 0 Å². The molecule has 144 valence electrons. The third-order valence-electron chi connectivity index (χ3n) is 4.17. The molecule has 0 saturated carbocycles. The minimum Gasteiger partial charge on any atom is -0.384 e. The molecular weight excluding hydrogens is 371 g/mol. The molecule has 5 N–H and O–H groups in total. The molecule has 0 aliphatic rings. The molecule has 6 nitrogen and oxygen atoms in total. The fraction of sp³-hybridized carbons (Fsp3) is 0.316. The Balaban J connectivity index is 2.39. The van der Waals surface area contributed by atoms with Crippen molar-refractivity contribution in [3.8, 4) is 0 Å². The normalized spacial score (nSPS) is 13.2. The molecular formula is C19H22ClFN4O2. The Kier molecular flexibility index (Phi) is 6.87. The number of nitrogens with one attached hydrogen (secondary N) is 1. The zero-order valence-electron chi connectivity index (χ0n) is 15.1. The third-order valence-corrected chi connectivity index (χ3v) is 4.49. The number of carbonyl (C=O) groups is 2. The van der Waals surface area contributed by atoms with E-state index in [0.717, 1.165) is 0 Å². The van der Waals surface area contributed by atoms with Crippen molar-refractivity contribution < 1.29 is 14.0 Å². The van der Waals surface area contributed by atoms with Crippen LogP contribution in [0.2, 0.25) is 5.02 Å². The van der Waals surface area contributed by atoms with Crippen LogP contribution in [0.3, 0.4) is 0 Å². The number of hydrogen-bond donors (Lipinski definition) is 3. The highest BCUT2D eigenvalue weighted by atomic mass is 35.5. The van der Waals surface area contributed by atoms with Gasteiger partial charge in [0.15, 0.2) is 5.78 Å². The summed E-state index contributed by atoms with van der Waals surface area (Å²) in [6, 6.07) is 5.30. The summed E-state index contributed by atoms with van der Waals surface area (Å²) in [5, 5.41) is 3.18. The maximum Gasteiger partial charge on any atom is 0.218 e. The van der Waals surface area contributed by atoms with E-state index in [0.29, 0.717) is 12.0 Å². The van der Waals surface area contributed by atoms with E-state index in [-0.39, 0.29) is 34.4 Å². The Bertz CT molecular complexity index is 842. The average Bonchev–Trinajstić information content (AvgIpc) is 2.60.